The highest BCUT2D eigenvalue weighted by Gasteiger charge is 2.18. The van der Waals surface area contributed by atoms with Crippen LogP contribution in [0.2, 0.25) is 0 Å². The van der Waals surface area contributed by atoms with E-state index in [0.717, 1.165) is 24.8 Å². The third-order valence-electron chi connectivity index (χ3n) is 2.61. The van der Waals surface area contributed by atoms with Gasteiger partial charge in [-0.2, -0.15) is 5.26 Å². The Bertz CT molecular complexity index is 364. The van der Waals surface area contributed by atoms with E-state index in [1.54, 1.807) is 0 Å². The maximum Gasteiger partial charge on any atom is 0.154 e. The molecule has 0 bridgehead atoms. The molecule has 0 N–H and O–H groups in total. The average molecular weight is 215 g/mol. The largest absolute Gasteiger partial charge is 0.298 e. The van der Waals surface area contributed by atoms with E-state index in [2.05, 4.69) is 13.0 Å². The maximum absolute atomic E-state index is 11.8. The molecule has 0 aromatic heterocycles. The van der Waals surface area contributed by atoms with Crippen molar-refractivity contribution in [2.24, 2.45) is 0 Å². The van der Waals surface area contributed by atoms with Gasteiger partial charge >= 0.3 is 0 Å². The number of unbranched alkanes of at least 4 members (excludes halogenated alkanes) is 2. The fourth-order valence-electron chi connectivity index (χ4n) is 1.67. The number of nitrogens with zero attached hydrogens (tertiary/aromatic N) is 1. The van der Waals surface area contributed by atoms with Crippen LogP contribution in [0.1, 0.15) is 44.1 Å². The quantitative estimate of drug-likeness (QED) is 0.682. The number of carbonyl (C=O) groups is 1. The molecule has 0 heterocycles. The molecule has 0 aliphatic heterocycles. The van der Waals surface area contributed by atoms with Gasteiger partial charge in [0.1, 0.15) is 5.92 Å². The summed E-state index contributed by atoms with van der Waals surface area (Å²) in [4.78, 5) is 11.8. The molecule has 16 heavy (non-hydrogen) atoms. The molecule has 84 valence electrons. The Hall–Kier alpha value is -1.62. The van der Waals surface area contributed by atoms with Gasteiger partial charge in [-0.3, -0.25) is 4.79 Å². The Morgan fingerprint density at radius 3 is 2.56 bits per heavy atom. The smallest absolute Gasteiger partial charge is 0.154 e. The van der Waals surface area contributed by atoms with Crippen molar-refractivity contribution in [3.63, 3.8) is 0 Å². The van der Waals surface area contributed by atoms with Crippen LogP contribution in [0, 0.1) is 11.3 Å². The molecule has 0 fully saturated rings. The minimum Gasteiger partial charge on any atom is -0.298 e. The van der Waals surface area contributed by atoms with Gasteiger partial charge in [-0.1, -0.05) is 50.1 Å². The highest BCUT2D eigenvalue weighted by molar-refractivity contribution is 5.88. The normalized spacial score (nSPS) is 11.8. The number of carbonyl (C=O) groups excluding carboxylic acids is 1. The summed E-state index contributed by atoms with van der Waals surface area (Å²) in [5, 5.41) is 9.04. The molecule has 1 unspecified atom stereocenters. The maximum atomic E-state index is 11.8. The number of nitriles is 1. The van der Waals surface area contributed by atoms with Gasteiger partial charge in [0.25, 0.3) is 0 Å². The summed E-state index contributed by atoms with van der Waals surface area (Å²) in [5.74, 6) is -0.541. The molecule has 0 radical (unpaired) electrons. The van der Waals surface area contributed by atoms with Crippen molar-refractivity contribution in [1.82, 2.24) is 0 Å². The summed E-state index contributed by atoms with van der Waals surface area (Å²) in [6, 6.07) is 11.4. The van der Waals surface area contributed by atoms with Crippen LogP contribution in [0.3, 0.4) is 0 Å². The first-order chi connectivity index (χ1) is 7.79. The van der Waals surface area contributed by atoms with Gasteiger partial charge in [0.05, 0.1) is 6.07 Å². The zero-order valence-electron chi connectivity index (χ0n) is 9.65. The van der Waals surface area contributed by atoms with Crippen LogP contribution in [0.15, 0.2) is 30.3 Å². The molecule has 1 aromatic rings. The standard InChI is InChI=1S/C14H17NO/c1-2-3-5-10-14(16)13(11-15)12-8-6-4-7-9-12/h4,6-9,13H,2-3,5,10H2,1H3. The lowest BCUT2D eigenvalue weighted by Gasteiger charge is -2.07. The predicted molar refractivity (Wildman–Crippen MR) is 63.9 cm³/mol. The van der Waals surface area contributed by atoms with E-state index in [-0.39, 0.29) is 5.78 Å². The van der Waals surface area contributed by atoms with Gasteiger partial charge in [-0.25, -0.2) is 0 Å². The van der Waals surface area contributed by atoms with Crippen molar-refractivity contribution in [2.45, 2.75) is 38.5 Å². The summed E-state index contributed by atoms with van der Waals surface area (Å²) in [5.41, 5.74) is 0.812. The second-order valence-electron chi connectivity index (χ2n) is 3.90. The molecule has 0 saturated heterocycles. The lowest BCUT2D eigenvalue weighted by atomic mass is 9.93. The zero-order chi connectivity index (χ0) is 11.8. The van der Waals surface area contributed by atoms with Crippen LogP contribution in [0.5, 0.6) is 0 Å². The summed E-state index contributed by atoms with van der Waals surface area (Å²) in [7, 11) is 0. The molecule has 0 spiro atoms. The van der Waals surface area contributed by atoms with E-state index < -0.39 is 5.92 Å². The third kappa shape index (κ3) is 3.51. The minimum atomic E-state index is -0.585. The number of hydrogen-bond acceptors (Lipinski definition) is 2. The van der Waals surface area contributed by atoms with Gasteiger partial charge in [0, 0.05) is 6.42 Å². The van der Waals surface area contributed by atoms with E-state index >= 15 is 0 Å². The Morgan fingerprint density at radius 2 is 2.00 bits per heavy atom. The molecule has 1 atom stereocenters. The first kappa shape index (κ1) is 12.4. The molecule has 0 saturated carbocycles. The van der Waals surface area contributed by atoms with Crippen LogP contribution in [0.25, 0.3) is 0 Å². The van der Waals surface area contributed by atoms with Crippen molar-refractivity contribution in [2.75, 3.05) is 0 Å². The number of Topliss-reactive ketones (excluding diaryl/α,β-unsaturated/α-hetero) is 1. The van der Waals surface area contributed by atoms with Crippen molar-refractivity contribution in [1.29, 1.82) is 5.26 Å². The first-order valence-corrected chi connectivity index (χ1v) is 5.77. The van der Waals surface area contributed by atoms with Crippen molar-refractivity contribution in [3.05, 3.63) is 35.9 Å². The SMILES string of the molecule is CCCCCC(=O)C(C#N)c1ccccc1. The number of ketones is 1. The molecule has 0 aliphatic rings. The molecule has 2 heteroatoms. The van der Waals surface area contributed by atoms with Crippen molar-refractivity contribution >= 4 is 5.78 Å². The lowest BCUT2D eigenvalue weighted by Crippen LogP contribution is -2.10. The van der Waals surface area contributed by atoms with Gasteiger partial charge in [0.2, 0.25) is 0 Å². The predicted octanol–water partition coefficient (Wildman–Crippen LogP) is 3.44. The van der Waals surface area contributed by atoms with E-state index in [1.807, 2.05) is 30.3 Å². The van der Waals surface area contributed by atoms with E-state index in [0.29, 0.717) is 6.42 Å². The number of rotatable bonds is 6. The van der Waals surface area contributed by atoms with Crippen molar-refractivity contribution < 1.29 is 4.79 Å². The molecule has 0 amide bonds. The molecular weight excluding hydrogens is 198 g/mol. The molecule has 2 nitrogen and oxygen atoms in total. The lowest BCUT2D eigenvalue weighted by molar-refractivity contribution is -0.119. The molecular formula is C14H17NO. The monoisotopic (exact) mass is 215 g/mol. The number of benzene rings is 1. The van der Waals surface area contributed by atoms with E-state index in [1.165, 1.54) is 0 Å². The van der Waals surface area contributed by atoms with Crippen LogP contribution in [0.4, 0.5) is 0 Å². The Balaban J connectivity index is 2.62. The van der Waals surface area contributed by atoms with E-state index in [9.17, 15) is 4.79 Å². The van der Waals surface area contributed by atoms with Crippen LogP contribution in [-0.4, -0.2) is 5.78 Å². The second-order valence-corrected chi connectivity index (χ2v) is 3.90. The fourth-order valence-corrected chi connectivity index (χ4v) is 1.67. The third-order valence-corrected chi connectivity index (χ3v) is 2.61. The fraction of sp³-hybridized carbons (Fsp3) is 0.429. The highest BCUT2D eigenvalue weighted by atomic mass is 16.1. The first-order valence-electron chi connectivity index (χ1n) is 5.77. The second kappa shape index (κ2) is 6.79. The summed E-state index contributed by atoms with van der Waals surface area (Å²) >= 11 is 0. The zero-order valence-corrected chi connectivity index (χ0v) is 9.65. The Kier molecular flexibility index (Phi) is 5.28. The highest BCUT2D eigenvalue weighted by Crippen LogP contribution is 2.18. The summed E-state index contributed by atoms with van der Waals surface area (Å²) in [6.07, 6.45) is 3.55. The molecule has 1 aromatic carbocycles. The van der Waals surface area contributed by atoms with Gasteiger partial charge in [0.15, 0.2) is 5.78 Å². The summed E-state index contributed by atoms with van der Waals surface area (Å²) in [6.45, 7) is 2.10. The molecule has 1 rings (SSSR count). The van der Waals surface area contributed by atoms with Crippen LogP contribution >= 0.6 is 0 Å². The van der Waals surface area contributed by atoms with Crippen molar-refractivity contribution in [3.8, 4) is 6.07 Å². The Morgan fingerprint density at radius 1 is 1.31 bits per heavy atom. The minimum absolute atomic E-state index is 0.0437. The summed E-state index contributed by atoms with van der Waals surface area (Å²) < 4.78 is 0. The van der Waals surface area contributed by atoms with Gasteiger partial charge < -0.3 is 0 Å². The topological polar surface area (TPSA) is 40.9 Å². The van der Waals surface area contributed by atoms with E-state index in [4.69, 9.17) is 5.26 Å². The van der Waals surface area contributed by atoms with Gasteiger partial charge in [-0.05, 0) is 12.0 Å². The van der Waals surface area contributed by atoms with Gasteiger partial charge in [-0.15, -0.1) is 0 Å². The Labute approximate surface area is 96.9 Å². The molecule has 0 aliphatic carbocycles. The van der Waals surface area contributed by atoms with Crippen LogP contribution < -0.4 is 0 Å². The average Bonchev–Trinajstić information content (AvgIpc) is 2.32. The number of hydrogen-bond donors (Lipinski definition) is 0. The van der Waals surface area contributed by atoms with Crippen LogP contribution in [-0.2, 0) is 4.79 Å².